The van der Waals surface area contributed by atoms with Gasteiger partial charge < -0.3 is 33.8 Å². The number of allylic oxidation sites excluding steroid dienone is 18. The number of aliphatic hydroxyl groups is 1. The molecule has 104 heavy (non-hydrogen) atoms. The molecule has 0 rings (SSSR count). The zero-order valence-corrected chi connectivity index (χ0v) is 67.5. The fraction of sp³-hybridized carbons (Fsp3) is 0.741. The number of unbranched alkanes of at least 4 members (excludes halogenated alkanes) is 33. The highest BCUT2D eigenvalue weighted by Crippen LogP contribution is 2.45. The predicted molar refractivity (Wildman–Crippen MR) is 427 cm³/mol. The number of rotatable bonds is 77. The summed E-state index contributed by atoms with van der Waals surface area (Å²) in [6, 6.07) is 0. The summed E-state index contributed by atoms with van der Waals surface area (Å²) >= 11 is 0. The molecule has 0 aliphatic carbocycles. The molecule has 17 nitrogen and oxygen atoms in total. The normalized spacial score (nSPS) is 14.4. The lowest BCUT2D eigenvalue weighted by Gasteiger charge is -2.21. The zero-order chi connectivity index (χ0) is 76.0. The van der Waals surface area contributed by atoms with E-state index in [9.17, 15) is 43.2 Å². The summed E-state index contributed by atoms with van der Waals surface area (Å²) in [4.78, 5) is 73.1. The first-order valence-corrected chi connectivity index (χ1v) is 44.1. The van der Waals surface area contributed by atoms with E-state index in [1.807, 2.05) is 0 Å². The standard InChI is InChI=1S/C85H148O17P2/c1-5-9-13-17-21-25-29-33-36-38-39-41-43-47-50-54-58-62-66-70-83(88)96-76-81(102-85(90)72-68-64-60-56-52-48-44-40-37-34-30-26-22-18-14-10-6-2)78-100-104(93,94)98-74-79(86)73-97-103(91,92)99-77-80(101-84(89)71-67-63-59-55-51-45-32-28-24-20-16-12-8-4)75-95-82(87)69-65-61-57-53-49-46-42-35-31-27-23-19-15-11-7-3/h9-10,13-14,21-22,25-26,33-37,39,41-42,44,48,79-81,86H,5-8,11-12,15-20,23-24,27-32,38,40,43,45-47,49-78H2,1-4H3,(H,91,92)(H,93,94)/b13-9-,14-10-,25-21-,26-22-,36-33-,37-34-,41-39-,42-35-,48-44-. The molecule has 5 unspecified atom stereocenters. The highest BCUT2D eigenvalue weighted by Gasteiger charge is 2.30. The van der Waals surface area contributed by atoms with Crippen LogP contribution in [0.2, 0.25) is 0 Å². The quantitative estimate of drug-likeness (QED) is 0.0169. The second-order valence-corrected chi connectivity index (χ2v) is 30.2. The third kappa shape index (κ3) is 75.9. The minimum Gasteiger partial charge on any atom is -0.462 e. The highest BCUT2D eigenvalue weighted by molar-refractivity contribution is 7.47. The van der Waals surface area contributed by atoms with E-state index in [-0.39, 0.29) is 25.7 Å². The molecule has 0 aliphatic heterocycles. The van der Waals surface area contributed by atoms with E-state index in [0.717, 1.165) is 180 Å². The second-order valence-electron chi connectivity index (χ2n) is 27.3. The van der Waals surface area contributed by atoms with Crippen LogP contribution in [0.5, 0.6) is 0 Å². The van der Waals surface area contributed by atoms with Crippen molar-refractivity contribution in [2.45, 2.75) is 367 Å². The molecule has 5 atom stereocenters. The maximum absolute atomic E-state index is 13.1. The molecule has 0 spiro atoms. The maximum atomic E-state index is 13.1. The van der Waals surface area contributed by atoms with Gasteiger partial charge in [-0.15, -0.1) is 0 Å². The number of hydrogen-bond acceptors (Lipinski definition) is 15. The minimum absolute atomic E-state index is 0.0623. The number of hydrogen-bond donors (Lipinski definition) is 3. The summed E-state index contributed by atoms with van der Waals surface area (Å²) in [5.74, 6) is -2.21. The molecular formula is C85H148O17P2. The Morgan fingerprint density at radius 2 is 0.500 bits per heavy atom. The first-order chi connectivity index (χ1) is 50.7. The van der Waals surface area contributed by atoms with E-state index in [1.165, 1.54) is 89.9 Å². The van der Waals surface area contributed by atoms with E-state index in [1.54, 1.807) is 0 Å². The first kappa shape index (κ1) is 99.7. The van der Waals surface area contributed by atoms with Crippen molar-refractivity contribution in [2.75, 3.05) is 39.6 Å². The maximum Gasteiger partial charge on any atom is 0.472 e. The Labute approximate surface area is 632 Å². The van der Waals surface area contributed by atoms with E-state index in [0.29, 0.717) is 25.7 Å². The van der Waals surface area contributed by atoms with Crippen LogP contribution in [0.25, 0.3) is 0 Å². The Balaban J connectivity index is 5.38. The minimum atomic E-state index is -4.99. The molecule has 19 heteroatoms. The van der Waals surface area contributed by atoms with Crippen LogP contribution in [0.1, 0.15) is 349 Å². The van der Waals surface area contributed by atoms with Gasteiger partial charge in [0.2, 0.25) is 0 Å². The summed E-state index contributed by atoms with van der Waals surface area (Å²) in [6.07, 6.45) is 83.4. The number of esters is 4. The van der Waals surface area contributed by atoms with Crippen molar-refractivity contribution in [2.24, 2.45) is 0 Å². The molecule has 0 saturated carbocycles. The molecule has 0 radical (unpaired) electrons. The number of phosphoric acid groups is 2. The molecule has 0 fully saturated rings. The fourth-order valence-electron chi connectivity index (χ4n) is 11.0. The second kappa shape index (κ2) is 76.9. The number of carbonyl (C=O) groups is 4. The third-order valence-corrected chi connectivity index (χ3v) is 19.1. The van der Waals surface area contributed by atoms with Gasteiger partial charge in [0.1, 0.15) is 19.3 Å². The first-order valence-electron chi connectivity index (χ1n) is 41.1. The van der Waals surface area contributed by atoms with Crippen molar-refractivity contribution in [1.82, 2.24) is 0 Å². The topological polar surface area (TPSA) is 237 Å². The van der Waals surface area contributed by atoms with Crippen LogP contribution < -0.4 is 0 Å². The van der Waals surface area contributed by atoms with Crippen molar-refractivity contribution in [3.8, 4) is 0 Å². The number of ether oxygens (including phenoxy) is 4. The van der Waals surface area contributed by atoms with Gasteiger partial charge in [-0.2, -0.15) is 0 Å². The molecule has 0 saturated heterocycles. The number of phosphoric ester groups is 2. The van der Waals surface area contributed by atoms with Gasteiger partial charge in [0.15, 0.2) is 12.2 Å². The molecule has 0 aromatic heterocycles. The van der Waals surface area contributed by atoms with Gasteiger partial charge in [0.25, 0.3) is 0 Å². The fourth-order valence-corrected chi connectivity index (χ4v) is 12.6. The number of aliphatic hydroxyl groups excluding tert-OH is 1. The number of carbonyl (C=O) groups excluding carboxylic acids is 4. The Kier molecular flexibility index (Phi) is 73.7. The van der Waals surface area contributed by atoms with Gasteiger partial charge in [-0.25, -0.2) is 9.13 Å². The summed E-state index contributed by atoms with van der Waals surface area (Å²) < 4.78 is 68.7. The van der Waals surface area contributed by atoms with Crippen LogP contribution in [0.4, 0.5) is 0 Å². The van der Waals surface area contributed by atoms with Gasteiger partial charge in [-0.05, 0) is 128 Å². The largest absolute Gasteiger partial charge is 0.472 e. The van der Waals surface area contributed by atoms with Crippen molar-refractivity contribution in [1.29, 1.82) is 0 Å². The van der Waals surface area contributed by atoms with Crippen LogP contribution >= 0.6 is 15.6 Å². The van der Waals surface area contributed by atoms with Crippen molar-refractivity contribution < 1.29 is 80.2 Å². The molecule has 0 bridgehead atoms. The molecule has 0 aromatic carbocycles. The summed E-state index contributed by atoms with van der Waals surface area (Å²) in [6.45, 7) is 4.64. The van der Waals surface area contributed by atoms with Gasteiger partial charge in [0, 0.05) is 25.7 Å². The summed E-state index contributed by atoms with van der Waals surface area (Å²) in [7, 11) is -9.97. The Hall–Kier alpha value is -4.28. The van der Waals surface area contributed by atoms with Gasteiger partial charge in [-0.3, -0.25) is 37.3 Å². The van der Waals surface area contributed by atoms with Crippen LogP contribution in [-0.2, 0) is 65.4 Å². The van der Waals surface area contributed by atoms with Gasteiger partial charge >= 0.3 is 39.5 Å². The van der Waals surface area contributed by atoms with Gasteiger partial charge in [-0.1, -0.05) is 304 Å². The van der Waals surface area contributed by atoms with E-state index < -0.39 is 97.5 Å². The molecule has 0 amide bonds. The predicted octanol–water partition coefficient (Wildman–Crippen LogP) is 24.1. The van der Waals surface area contributed by atoms with E-state index >= 15 is 0 Å². The monoisotopic (exact) mass is 1500 g/mol. The molecular weight excluding hydrogens is 1350 g/mol. The average Bonchev–Trinajstić information content (AvgIpc) is 0.911. The smallest absolute Gasteiger partial charge is 0.462 e. The Morgan fingerprint density at radius 3 is 0.779 bits per heavy atom. The van der Waals surface area contributed by atoms with Crippen molar-refractivity contribution >= 4 is 39.5 Å². The van der Waals surface area contributed by atoms with E-state index in [2.05, 4.69) is 137 Å². The molecule has 600 valence electrons. The SMILES string of the molecule is CC/C=C\C/C=C\C/C=C\C/C=C\CCCCCCCCC(=O)OCC(COP(=O)(O)OCC(O)COP(=O)(O)OCC(COC(=O)CCCCCCC/C=C\CCCCCCCC)OC(=O)CCCCCCCCCCCCCCC)OC(=O)CCCCCC/C=C\C/C=C\C/C=C\C/C=C\CC. The zero-order valence-electron chi connectivity index (χ0n) is 65.7. The Morgan fingerprint density at radius 1 is 0.279 bits per heavy atom. The van der Waals surface area contributed by atoms with Crippen LogP contribution in [-0.4, -0.2) is 96.7 Å². The molecule has 0 aromatic rings. The average molecular weight is 1500 g/mol. The highest BCUT2D eigenvalue weighted by atomic mass is 31.2. The van der Waals surface area contributed by atoms with Crippen molar-refractivity contribution in [3.05, 3.63) is 109 Å². The lowest BCUT2D eigenvalue weighted by atomic mass is 10.0. The molecule has 0 aliphatic rings. The lowest BCUT2D eigenvalue weighted by molar-refractivity contribution is -0.161. The molecule has 3 N–H and O–H groups in total. The van der Waals surface area contributed by atoms with Crippen LogP contribution in [0.15, 0.2) is 109 Å². The van der Waals surface area contributed by atoms with Crippen LogP contribution in [0.3, 0.4) is 0 Å². The Bertz CT molecular complexity index is 2390. The van der Waals surface area contributed by atoms with E-state index in [4.69, 9.17) is 37.0 Å². The third-order valence-electron chi connectivity index (χ3n) is 17.2. The van der Waals surface area contributed by atoms with Gasteiger partial charge in [0.05, 0.1) is 26.4 Å². The lowest BCUT2D eigenvalue weighted by Crippen LogP contribution is -2.30. The summed E-state index contributed by atoms with van der Waals surface area (Å²) in [5.41, 5.74) is 0. The summed E-state index contributed by atoms with van der Waals surface area (Å²) in [5, 5.41) is 10.7. The van der Waals surface area contributed by atoms with Crippen LogP contribution in [0, 0.1) is 0 Å². The molecule has 0 heterocycles. The van der Waals surface area contributed by atoms with Crippen molar-refractivity contribution in [3.63, 3.8) is 0 Å².